The number of aromatic nitrogens is 1. The van der Waals surface area contributed by atoms with Crippen LogP contribution in [0.15, 0.2) is 135 Å². The molecule has 0 spiro atoms. The second kappa shape index (κ2) is 11.7. The predicted molar refractivity (Wildman–Crippen MR) is 163 cm³/mol. The number of amides is 1. The first kappa shape index (κ1) is 25.8. The number of rotatable bonds is 8. The lowest BCUT2D eigenvalue weighted by Crippen LogP contribution is -2.28. The van der Waals surface area contributed by atoms with Crippen LogP contribution in [0.4, 0.5) is 22.2 Å². The SMILES string of the molecule is COc1ccc(-c2csc(N3N=C(c4ccccc4)/C(=N\Nc4ccc(N=Nc5ccccc5)cc4)C3=O)n2)cc1. The van der Waals surface area contributed by atoms with E-state index in [4.69, 9.17) is 4.74 Å². The van der Waals surface area contributed by atoms with Crippen LogP contribution in [0.2, 0.25) is 0 Å². The van der Waals surface area contributed by atoms with E-state index in [1.54, 1.807) is 7.11 Å². The number of methoxy groups -OCH3 is 1. The van der Waals surface area contributed by atoms with Crippen molar-refractivity contribution in [1.82, 2.24) is 4.98 Å². The highest BCUT2D eigenvalue weighted by atomic mass is 32.1. The Bertz CT molecular complexity index is 1750. The summed E-state index contributed by atoms with van der Waals surface area (Å²) in [7, 11) is 1.62. The van der Waals surface area contributed by atoms with Crippen molar-refractivity contribution >= 4 is 50.9 Å². The largest absolute Gasteiger partial charge is 0.497 e. The quantitative estimate of drug-likeness (QED) is 0.158. The Labute approximate surface area is 240 Å². The number of nitrogens with zero attached hydrogens (tertiary/aromatic N) is 6. The molecule has 200 valence electrons. The lowest BCUT2D eigenvalue weighted by molar-refractivity contribution is -0.112. The second-order valence-corrected chi connectivity index (χ2v) is 9.67. The van der Waals surface area contributed by atoms with E-state index in [0.717, 1.165) is 28.3 Å². The first-order valence-electron chi connectivity index (χ1n) is 12.7. The summed E-state index contributed by atoms with van der Waals surface area (Å²) < 4.78 is 5.24. The van der Waals surface area contributed by atoms with Crippen LogP contribution in [0.1, 0.15) is 5.56 Å². The number of carbonyl (C=O) groups excluding carboxylic acids is 1. The van der Waals surface area contributed by atoms with Crippen LogP contribution in [0, 0.1) is 0 Å². The molecule has 9 nitrogen and oxygen atoms in total. The van der Waals surface area contributed by atoms with Crippen molar-refractivity contribution in [2.24, 2.45) is 20.4 Å². The summed E-state index contributed by atoms with van der Waals surface area (Å²) in [6.07, 6.45) is 0. The smallest absolute Gasteiger partial charge is 0.303 e. The van der Waals surface area contributed by atoms with Gasteiger partial charge in [-0.3, -0.25) is 10.2 Å². The highest BCUT2D eigenvalue weighted by Gasteiger charge is 2.35. The third-order valence-electron chi connectivity index (χ3n) is 6.13. The molecule has 0 fully saturated rings. The van der Waals surface area contributed by atoms with Crippen molar-refractivity contribution in [3.63, 3.8) is 0 Å². The van der Waals surface area contributed by atoms with Gasteiger partial charge in [-0.05, 0) is 60.7 Å². The van der Waals surface area contributed by atoms with E-state index in [-0.39, 0.29) is 11.6 Å². The minimum absolute atomic E-state index is 0.185. The van der Waals surface area contributed by atoms with Crippen LogP contribution >= 0.6 is 11.3 Å². The Hall–Kier alpha value is -5.48. The molecule has 1 aliphatic rings. The molecular weight excluding hydrogens is 534 g/mol. The molecule has 1 N–H and O–H groups in total. The lowest BCUT2D eigenvalue weighted by Gasteiger charge is -2.07. The van der Waals surface area contributed by atoms with Crippen LogP contribution in [0.3, 0.4) is 0 Å². The molecule has 4 aromatic carbocycles. The minimum Gasteiger partial charge on any atom is -0.497 e. The molecule has 0 radical (unpaired) electrons. The average molecular weight is 558 g/mol. The fourth-order valence-corrected chi connectivity index (χ4v) is 4.78. The highest BCUT2D eigenvalue weighted by molar-refractivity contribution is 7.14. The Morgan fingerprint density at radius 2 is 1.44 bits per heavy atom. The second-order valence-electron chi connectivity index (χ2n) is 8.83. The maximum absolute atomic E-state index is 13.6. The average Bonchev–Trinajstić information content (AvgIpc) is 3.65. The number of benzene rings is 4. The van der Waals surface area contributed by atoms with Crippen molar-refractivity contribution < 1.29 is 9.53 Å². The van der Waals surface area contributed by atoms with Gasteiger partial charge in [0.25, 0.3) is 0 Å². The van der Waals surface area contributed by atoms with Gasteiger partial charge in [0.05, 0.1) is 29.9 Å². The monoisotopic (exact) mass is 557 g/mol. The van der Waals surface area contributed by atoms with Gasteiger partial charge in [-0.2, -0.15) is 25.4 Å². The first-order valence-corrected chi connectivity index (χ1v) is 13.6. The van der Waals surface area contributed by atoms with Gasteiger partial charge in [0.15, 0.2) is 5.71 Å². The van der Waals surface area contributed by atoms with Gasteiger partial charge in [0, 0.05) is 16.5 Å². The third kappa shape index (κ3) is 5.77. The maximum Gasteiger partial charge on any atom is 0.303 e. The van der Waals surface area contributed by atoms with E-state index in [2.05, 4.69) is 30.8 Å². The first-order chi connectivity index (χ1) is 20.2. The van der Waals surface area contributed by atoms with E-state index in [1.807, 2.05) is 115 Å². The standard InChI is InChI=1S/C31H23N7O2S/c1-40-26-18-12-21(13-19-26)27-20-41-31(32-27)38-30(39)29(28(37-38)22-8-4-2-5-9-22)36-35-25-16-14-24(15-17-25)34-33-23-10-6-3-7-11-23/h2-20,35H,1H3/b34-33?,36-29+. The third-order valence-corrected chi connectivity index (χ3v) is 6.94. The van der Waals surface area contributed by atoms with E-state index in [9.17, 15) is 4.79 Å². The van der Waals surface area contributed by atoms with Crippen LogP contribution in [0.5, 0.6) is 5.75 Å². The minimum atomic E-state index is -0.375. The zero-order valence-corrected chi connectivity index (χ0v) is 22.7. The molecule has 0 saturated heterocycles. The summed E-state index contributed by atoms with van der Waals surface area (Å²) in [5, 5.41) is 21.2. The van der Waals surface area contributed by atoms with Crippen LogP contribution in [0.25, 0.3) is 11.3 Å². The maximum atomic E-state index is 13.6. The fraction of sp³-hybridized carbons (Fsp3) is 0.0323. The molecular formula is C31H23N7O2S. The van der Waals surface area contributed by atoms with E-state index >= 15 is 0 Å². The van der Waals surface area contributed by atoms with Crippen molar-refractivity contribution in [2.45, 2.75) is 0 Å². The number of hydrogen-bond acceptors (Lipinski definition) is 9. The Kier molecular flexibility index (Phi) is 7.37. The molecule has 0 atom stereocenters. The molecule has 1 aliphatic heterocycles. The highest BCUT2D eigenvalue weighted by Crippen LogP contribution is 2.31. The number of azo groups is 1. The summed E-state index contributed by atoms with van der Waals surface area (Å²) >= 11 is 1.33. The molecule has 0 bridgehead atoms. The Morgan fingerprint density at radius 3 is 2.12 bits per heavy atom. The fourth-order valence-electron chi connectivity index (χ4n) is 4.00. The molecule has 41 heavy (non-hydrogen) atoms. The number of anilines is 2. The normalized spacial score (nSPS) is 14.1. The molecule has 0 saturated carbocycles. The number of thiazole rings is 1. The molecule has 5 aromatic rings. The van der Waals surface area contributed by atoms with Gasteiger partial charge in [0.1, 0.15) is 11.5 Å². The number of hydrogen-bond donors (Lipinski definition) is 1. The predicted octanol–water partition coefficient (Wildman–Crippen LogP) is 7.45. The Morgan fingerprint density at radius 1 is 0.780 bits per heavy atom. The van der Waals surface area contributed by atoms with Crippen LogP contribution in [-0.2, 0) is 4.79 Å². The van der Waals surface area contributed by atoms with Crippen LogP contribution < -0.4 is 15.2 Å². The topological polar surface area (TPSA) is 104 Å². The summed E-state index contributed by atoms with van der Waals surface area (Å²) in [6, 6.07) is 33.9. The van der Waals surface area contributed by atoms with E-state index in [1.165, 1.54) is 16.3 Å². The molecule has 1 aromatic heterocycles. The van der Waals surface area contributed by atoms with Gasteiger partial charge in [-0.25, -0.2) is 4.98 Å². The van der Waals surface area contributed by atoms with Gasteiger partial charge in [-0.15, -0.1) is 11.3 Å². The van der Waals surface area contributed by atoms with E-state index < -0.39 is 0 Å². The van der Waals surface area contributed by atoms with Crippen molar-refractivity contribution in [3.8, 4) is 17.0 Å². The number of nitrogens with one attached hydrogen (secondary N) is 1. The van der Waals surface area contributed by atoms with E-state index in [0.29, 0.717) is 22.2 Å². The molecule has 6 rings (SSSR count). The zero-order chi connectivity index (χ0) is 28.0. The van der Waals surface area contributed by atoms with Crippen molar-refractivity contribution in [2.75, 3.05) is 17.5 Å². The zero-order valence-electron chi connectivity index (χ0n) is 21.9. The lowest BCUT2D eigenvalue weighted by atomic mass is 10.1. The molecule has 10 heteroatoms. The summed E-state index contributed by atoms with van der Waals surface area (Å²) in [6.45, 7) is 0. The molecule has 0 aliphatic carbocycles. The molecule has 1 amide bonds. The number of ether oxygens (including phenoxy) is 1. The molecule has 2 heterocycles. The van der Waals surface area contributed by atoms with Gasteiger partial charge in [-0.1, -0.05) is 48.5 Å². The summed E-state index contributed by atoms with van der Waals surface area (Å²) in [5.41, 5.74) is 8.21. The summed E-state index contributed by atoms with van der Waals surface area (Å²) in [4.78, 5) is 18.3. The molecule has 0 unspecified atom stereocenters. The van der Waals surface area contributed by atoms with Crippen LogP contribution in [-0.4, -0.2) is 29.4 Å². The van der Waals surface area contributed by atoms with Gasteiger partial charge >= 0.3 is 5.91 Å². The van der Waals surface area contributed by atoms with Crippen molar-refractivity contribution in [3.05, 3.63) is 120 Å². The number of carbonyl (C=O) groups is 1. The van der Waals surface area contributed by atoms with Gasteiger partial charge < -0.3 is 4.74 Å². The number of hydrazone groups is 2. The van der Waals surface area contributed by atoms with Crippen molar-refractivity contribution in [1.29, 1.82) is 0 Å². The summed E-state index contributed by atoms with van der Waals surface area (Å²) in [5.74, 6) is 0.385. The Balaban J connectivity index is 1.24. The van der Waals surface area contributed by atoms with Gasteiger partial charge in [0.2, 0.25) is 5.13 Å².